The number of likely N-dealkylation sites (N-methyl/N-ethyl adjacent to an activating group) is 2. The molecule has 3 fully saturated rings. The third-order valence-corrected chi connectivity index (χ3v) is 14.8. The maximum Gasteiger partial charge on any atom is 0.415 e. The van der Waals surface area contributed by atoms with Crippen molar-refractivity contribution in [2.45, 2.75) is 101 Å². The lowest BCUT2D eigenvalue weighted by Crippen LogP contribution is -2.63. The third kappa shape index (κ3) is 11.3. The van der Waals surface area contributed by atoms with Crippen molar-refractivity contribution in [1.29, 1.82) is 0 Å². The summed E-state index contributed by atoms with van der Waals surface area (Å²) in [4.78, 5) is 67.5. The van der Waals surface area contributed by atoms with Crippen LogP contribution in [0.15, 0.2) is 60.7 Å². The number of fused-ring (bicyclic) bond motifs is 4. The third-order valence-electron chi connectivity index (χ3n) is 14.8. The van der Waals surface area contributed by atoms with Gasteiger partial charge in [-0.1, -0.05) is 18.2 Å². The largest absolute Gasteiger partial charge is 0.493 e. The number of nitrogens with one attached hydrogen (secondary N) is 1. The molecule has 6 aliphatic rings. The van der Waals surface area contributed by atoms with E-state index in [1.165, 1.54) is 38.1 Å². The number of carboxylic acids is 1. The highest BCUT2D eigenvalue weighted by atomic mass is 16.8. The lowest BCUT2D eigenvalue weighted by molar-refractivity contribution is -0.364. The second kappa shape index (κ2) is 22.8. The van der Waals surface area contributed by atoms with Crippen molar-refractivity contribution in [3.05, 3.63) is 82.9 Å². The van der Waals surface area contributed by atoms with Gasteiger partial charge in [-0.25, -0.2) is 14.4 Å². The number of nitrogens with zero attached hydrogens (tertiary/aromatic N) is 2. The molecule has 23 nitrogen and oxygen atoms in total. The van der Waals surface area contributed by atoms with Crippen molar-refractivity contribution >= 4 is 35.9 Å². The first-order valence-electron chi connectivity index (χ1n) is 25.0. The SMILES string of the molecule is COc1cc([C@@H]2c3cc4c(cc3C(OC3O[C@@H]5CO[C@@H](C)O[C@H]5[C@H](O)[C@H]3O)[C@H]3COC(=O)[C@H]23)OCO4)cc(OC)c1OC(=O)N(C)CCN(C)C(=O)OCc1ccc(NC(=O)O[C@H]2/C=C/CC[C@@](C)(C(=O)O)CC2)cc1. The average Bonchev–Trinajstić information content (AvgIpc) is 4.05. The van der Waals surface area contributed by atoms with Crippen LogP contribution >= 0.6 is 0 Å². The van der Waals surface area contributed by atoms with Gasteiger partial charge in [-0.05, 0) is 104 Å². The molecule has 4 N–H and O–H groups in total. The monoisotopic (exact) mass is 1060 g/mol. The van der Waals surface area contributed by atoms with E-state index in [4.69, 9.17) is 56.8 Å². The molecule has 3 saturated heterocycles. The fraction of sp³-hybridized carbons (Fsp3) is 0.528. The van der Waals surface area contributed by atoms with Gasteiger partial charge in [0, 0.05) is 44.7 Å². The van der Waals surface area contributed by atoms with Crippen molar-refractivity contribution in [2.75, 3.05) is 66.7 Å². The standard InChI is InChI=1S/C53H63N3O20/c1-27-67-25-39-46(72-27)42(57)43(58)48(74-39)75-44-33-22-36-35(70-26-71-36)21-32(33)40(41-34(44)24-68-47(41)59)29-19-37(65-5)45(38(20-29)66-6)76-52(64)56(4)18-17-55(3)51(63)69-23-28-10-12-30(13-11-28)54-50(62)73-31-9-7-8-15-53(2,16-14-31)49(60)61/h7,9-13,19-22,27,31,34,39-44,46,48,57-58H,8,14-18,23-26H2,1-6H3,(H,54,62)(H,60,61)/b9-7+/t27-,31+,34+,39-,40-,41+,42-,43-,44?,46-,48?,53-/m1/s1. The Hall–Kier alpha value is -6.89. The molecule has 3 aromatic rings. The van der Waals surface area contributed by atoms with E-state index in [2.05, 4.69) is 5.32 Å². The van der Waals surface area contributed by atoms with Crippen LogP contribution < -0.4 is 29.0 Å². The predicted octanol–water partition coefficient (Wildman–Crippen LogP) is 5.47. The number of aliphatic carboxylic acids is 1. The Morgan fingerprint density at radius 2 is 1.54 bits per heavy atom. The number of amides is 3. The molecule has 4 aliphatic heterocycles. The van der Waals surface area contributed by atoms with Crippen molar-refractivity contribution in [1.82, 2.24) is 9.80 Å². The quantitative estimate of drug-likeness (QED) is 0.0885. The summed E-state index contributed by atoms with van der Waals surface area (Å²) in [6, 6.07) is 13.4. The number of anilines is 1. The first-order chi connectivity index (χ1) is 36.4. The van der Waals surface area contributed by atoms with Crippen LogP contribution in [-0.2, 0) is 49.4 Å². The van der Waals surface area contributed by atoms with Gasteiger partial charge in [0.1, 0.15) is 37.1 Å². The number of benzene rings is 3. The topological polar surface area (TPSA) is 275 Å². The summed E-state index contributed by atoms with van der Waals surface area (Å²) in [6.07, 6.45) is -4.66. The Labute approximate surface area is 437 Å². The summed E-state index contributed by atoms with van der Waals surface area (Å²) in [6.45, 7) is 3.40. The first-order valence-corrected chi connectivity index (χ1v) is 25.0. The number of carbonyl (C=O) groups is 5. The molecule has 2 unspecified atom stereocenters. The van der Waals surface area contributed by atoms with Crippen molar-refractivity contribution in [3.63, 3.8) is 0 Å². The number of methoxy groups -OCH3 is 2. The first kappa shape index (κ1) is 53.9. The van der Waals surface area contributed by atoms with Crippen molar-refractivity contribution in [3.8, 4) is 28.7 Å². The number of cyclic esters (lactones) is 1. The van der Waals surface area contributed by atoms with E-state index in [-0.39, 0.29) is 57.0 Å². The Bertz CT molecular complexity index is 2660. The summed E-state index contributed by atoms with van der Waals surface area (Å²) in [7, 11) is 5.79. The van der Waals surface area contributed by atoms with Gasteiger partial charge >= 0.3 is 30.2 Å². The van der Waals surface area contributed by atoms with E-state index in [0.717, 1.165) is 0 Å². The Balaban J connectivity index is 0.821. The summed E-state index contributed by atoms with van der Waals surface area (Å²) in [5.41, 5.74) is 1.91. The zero-order valence-corrected chi connectivity index (χ0v) is 42.9. The molecule has 0 radical (unpaired) electrons. The Morgan fingerprint density at radius 1 is 0.855 bits per heavy atom. The highest BCUT2D eigenvalue weighted by Gasteiger charge is 2.56. The number of rotatable bonds is 14. The molecule has 0 aromatic heterocycles. The van der Waals surface area contributed by atoms with E-state index in [1.807, 2.05) is 6.08 Å². The number of aliphatic hydroxyl groups excluding tert-OH is 2. The molecule has 12 atom stereocenters. The lowest BCUT2D eigenvalue weighted by Gasteiger charge is -2.47. The highest BCUT2D eigenvalue weighted by molar-refractivity contribution is 5.85. The van der Waals surface area contributed by atoms with E-state index in [1.54, 1.807) is 68.5 Å². The molecule has 410 valence electrons. The number of hydrogen-bond acceptors (Lipinski definition) is 19. The average molecular weight is 1060 g/mol. The molecule has 23 heteroatoms. The van der Waals surface area contributed by atoms with E-state index in [9.17, 15) is 39.3 Å². The number of carboxylic acid groups (broad SMARTS) is 1. The molecular weight excluding hydrogens is 999 g/mol. The van der Waals surface area contributed by atoms with Crippen molar-refractivity contribution < 1.29 is 96.1 Å². The second-order valence-electron chi connectivity index (χ2n) is 19.9. The zero-order valence-electron chi connectivity index (χ0n) is 42.9. The van der Waals surface area contributed by atoms with E-state index < -0.39 is 103 Å². The smallest absolute Gasteiger partial charge is 0.415 e. The number of ether oxygens (including phenoxy) is 12. The van der Waals surface area contributed by atoms with Gasteiger partial charge in [-0.3, -0.25) is 14.9 Å². The lowest BCUT2D eigenvalue weighted by atomic mass is 9.66. The molecule has 2 aliphatic carbocycles. The summed E-state index contributed by atoms with van der Waals surface area (Å²) in [5, 5.41) is 34.7. The molecule has 3 aromatic carbocycles. The fourth-order valence-corrected chi connectivity index (χ4v) is 10.3. The predicted molar refractivity (Wildman–Crippen MR) is 262 cm³/mol. The zero-order chi connectivity index (χ0) is 54.0. The van der Waals surface area contributed by atoms with Gasteiger partial charge in [-0.15, -0.1) is 0 Å². The molecule has 0 bridgehead atoms. The van der Waals surface area contributed by atoms with Gasteiger partial charge in [0.05, 0.1) is 44.9 Å². The van der Waals surface area contributed by atoms with Crippen LogP contribution in [-0.4, -0.2) is 160 Å². The maximum atomic E-state index is 13.9. The van der Waals surface area contributed by atoms with Crippen LogP contribution in [0.4, 0.5) is 20.1 Å². The van der Waals surface area contributed by atoms with Gasteiger partial charge in [0.25, 0.3) is 0 Å². The number of esters is 1. The van der Waals surface area contributed by atoms with Crippen LogP contribution in [0.5, 0.6) is 28.7 Å². The summed E-state index contributed by atoms with van der Waals surface area (Å²) >= 11 is 0. The molecule has 4 heterocycles. The molecular formula is C53H63N3O20. The molecule has 76 heavy (non-hydrogen) atoms. The molecule has 9 rings (SSSR count). The Morgan fingerprint density at radius 3 is 2.22 bits per heavy atom. The highest BCUT2D eigenvalue weighted by Crippen LogP contribution is 2.57. The van der Waals surface area contributed by atoms with Gasteiger partial charge in [0.15, 0.2) is 35.6 Å². The van der Waals surface area contributed by atoms with Crippen LogP contribution in [0.1, 0.15) is 73.8 Å². The second-order valence-corrected chi connectivity index (χ2v) is 19.9. The number of aliphatic hydroxyl groups is 2. The summed E-state index contributed by atoms with van der Waals surface area (Å²) < 4.78 is 69.9. The van der Waals surface area contributed by atoms with E-state index in [0.29, 0.717) is 65.1 Å². The van der Waals surface area contributed by atoms with Crippen LogP contribution in [0, 0.1) is 17.3 Å². The van der Waals surface area contributed by atoms with Crippen LogP contribution in [0.25, 0.3) is 0 Å². The maximum absolute atomic E-state index is 13.9. The molecule has 0 spiro atoms. The fourth-order valence-electron chi connectivity index (χ4n) is 10.3. The summed E-state index contributed by atoms with van der Waals surface area (Å²) in [5.74, 6) is -2.59. The minimum Gasteiger partial charge on any atom is -0.493 e. The number of carbonyl (C=O) groups excluding carboxylic acids is 4. The number of hydrogen-bond donors (Lipinski definition) is 4. The van der Waals surface area contributed by atoms with E-state index >= 15 is 0 Å². The minimum atomic E-state index is -1.52. The Kier molecular flexibility index (Phi) is 16.1. The van der Waals surface area contributed by atoms with Crippen molar-refractivity contribution in [2.24, 2.45) is 17.3 Å². The molecule has 0 saturated carbocycles. The van der Waals surface area contributed by atoms with Gasteiger partial charge in [-0.2, -0.15) is 0 Å². The minimum absolute atomic E-state index is 0.0341. The van der Waals surface area contributed by atoms with Gasteiger partial charge in [0.2, 0.25) is 12.5 Å². The normalized spacial score (nSPS) is 29.6. The molecule has 3 amide bonds. The van der Waals surface area contributed by atoms with Crippen LogP contribution in [0.3, 0.4) is 0 Å². The van der Waals surface area contributed by atoms with Crippen LogP contribution in [0.2, 0.25) is 0 Å². The van der Waals surface area contributed by atoms with Gasteiger partial charge < -0.3 is 82.0 Å². The number of allylic oxidation sites excluding steroid dienone is 1.